The van der Waals surface area contributed by atoms with E-state index in [1.807, 2.05) is 0 Å². The summed E-state index contributed by atoms with van der Waals surface area (Å²) in [5.41, 5.74) is 6.36. The molecule has 3 nitrogen and oxygen atoms in total. The Balaban J connectivity index is 2.33. The fourth-order valence-corrected chi connectivity index (χ4v) is 4.55. The van der Waals surface area contributed by atoms with Crippen molar-refractivity contribution in [3.8, 4) is 0 Å². The van der Waals surface area contributed by atoms with Crippen LogP contribution in [0.4, 0.5) is 4.39 Å². The van der Waals surface area contributed by atoms with Gasteiger partial charge in [-0.3, -0.25) is 0 Å². The second-order valence-electron chi connectivity index (χ2n) is 4.42. The molecule has 1 saturated carbocycles. The first-order chi connectivity index (χ1) is 8.38. The van der Waals surface area contributed by atoms with Gasteiger partial charge in [0.2, 0.25) is 0 Å². The molecule has 1 fully saturated rings. The van der Waals surface area contributed by atoms with E-state index < -0.39 is 15.1 Å². The van der Waals surface area contributed by atoms with Crippen LogP contribution in [0.3, 0.4) is 0 Å². The normalized spacial score (nSPS) is 26.9. The summed E-state index contributed by atoms with van der Waals surface area (Å²) in [6.45, 7) is 1.60. The van der Waals surface area contributed by atoms with Gasteiger partial charge in [-0.25, -0.2) is 12.8 Å². The highest BCUT2D eigenvalue weighted by Crippen LogP contribution is 2.52. The van der Waals surface area contributed by atoms with E-state index in [1.165, 1.54) is 12.1 Å². The molecule has 3 atom stereocenters. The van der Waals surface area contributed by atoms with Gasteiger partial charge >= 0.3 is 0 Å². The molecule has 0 aliphatic heterocycles. The maximum absolute atomic E-state index is 12.9. The Labute approximate surface area is 111 Å². The largest absolute Gasteiger partial charge is 0.393 e. The third-order valence-corrected chi connectivity index (χ3v) is 5.85. The van der Waals surface area contributed by atoms with E-state index in [0.717, 1.165) is 5.56 Å². The van der Waals surface area contributed by atoms with Crippen molar-refractivity contribution in [2.45, 2.75) is 18.1 Å². The van der Waals surface area contributed by atoms with E-state index in [1.54, 1.807) is 19.1 Å². The monoisotopic (exact) mass is 287 g/mol. The Morgan fingerprint density at radius 3 is 2.39 bits per heavy atom. The lowest BCUT2D eigenvalue weighted by Crippen LogP contribution is -2.18. The van der Waals surface area contributed by atoms with Crippen LogP contribution in [-0.2, 0) is 9.84 Å². The lowest BCUT2D eigenvalue weighted by molar-refractivity contribution is 0.594. The number of hydrogen-bond donors (Lipinski definition) is 1. The zero-order valence-corrected chi connectivity index (χ0v) is 11.5. The number of nitrogens with two attached hydrogens (primary N) is 1. The molecule has 18 heavy (non-hydrogen) atoms. The molecular formula is C12H14FNO2S2. The third-order valence-electron chi connectivity index (χ3n) is 3.35. The lowest BCUT2D eigenvalue weighted by atomic mass is 10.1. The number of benzene rings is 1. The minimum Gasteiger partial charge on any atom is -0.393 e. The molecule has 98 valence electrons. The fourth-order valence-electron chi connectivity index (χ4n) is 2.34. The van der Waals surface area contributed by atoms with Crippen LogP contribution in [0.25, 0.3) is 0 Å². The molecule has 0 radical (unpaired) electrons. The molecule has 0 bridgehead atoms. The van der Waals surface area contributed by atoms with E-state index in [-0.39, 0.29) is 28.4 Å². The van der Waals surface area contributed by atoms with Crippen molar-refractivity contribution in [2.75, 3.05) is 5.75 Å². The Bertz CT molecular complexity index is 568. The second-order valence-corrected chi connectivity index (χ2v) is 7.34. The van der Waals surface area contributed by atoms with Crippen LogP contribution in [0.15, 0.2) is 24.3 Å². The smallest absolute Gasteiger partial charge is 0.154 e. The zero-order chi connectivity index (χ0) is 13.5. The first-order valence-corrected chi connectivity index (χ1v) is 7.77. The van der Waals surface area contributed by atoms with E-state index in [2.05, 4.69) is 0 Å². The predicted molar refractivity (Wildman–Crippen MR) is 72.7 cm³/mol. The van der Waals surface area contributed by atoms with E-state index in [0.29, 0.717) is 0 Å². The quantitative estimate of drug-likeness (QED) is 0.855. The summed E-state index contributed by atoms with van der Waals surface area (Å²) >= 11 is 4.92. The van der Waals surface area contributed by atoms with Gasteiger partial charge in [0.25, 0.3) is 0 Å². The summed E-state index contributed by atoms with van der Waals surface area (Å²) in [4.78, 5) is 0.214. The van der Waals surface area contributed by atoms with Crippen LogP contribution in [0.1, 0.15) is 18.4 Å². The lowest BCUT2D eigenvalue weighted by Gasteiger charge is -2.00. The van der Waals surface area contributed by atoms with Gasteiger partial charge in [0.05, 0.1) is 10.2 Å². The molecule has 1 aromatic carbocycles. The average molecular weight is 287 g/mol. The SMILES string of the molecule is CCS(=O)(=O)[C@@H]1[C@H](C(N)=S)[C@@H]1c1ccc(F)cc1. The highest BCUT2D eigenvalue weighted by Gasteiger charge is 2.59. The van der Waals surface area contributed by atoms with Gasteiger partial charge in [0.1, 0.15) is 5.82 Å². The molecule has 0 spiro atoms. The maximum Gasteiger partial charge on any atom is 0.154 e. The molecule has 1 aliphatic rings. The van der Waals surface area contributed by atoms with Crippen molar-refractivity contribution in [1.29, 1.82) is 0 Å². The van der Waals surface area contributed by atoms with Crippen LogP contribution in [0.2, 0.25) is 0 Å². The molecule has 6 heteroatoms. The molecule has 0 amide bonds. The van der Waals surface area contributed by atoms with E-state index >= 15 is 0 Å². The minimum atomic E-state index is -3.19. The van der Waals surface area contributed by atoms with Crippen molar-refractivity contribution < 1.29 is 12.8 Å². The summed E-state index contributed by atoms with van der Waals surface area (Å²) in [7, 11) is -3.19. The van der Waals surface area contributed by atoms with Crippen molar-refractivity contribution in [1.82, 2.24) is 0 Å². The van der Waals surface area contributed by atoms with Gasteiger partial charge < -0.3 is 5.73 Å². The first kappa shape index (κ1) is 13.4. The summed E-state index contributed by atoms with van der Waals surface area (Å²) in [6, 6.07) is 5.83. The van der Waals surface area contributed by atoms with Crippen LogP contribution >= 0.6 is 12.2 Å². The third kappa shape index (κ3) is 2.27. The first-order valence-electron chi connectivity index (χ1n) is 5.65. The van der Waals surface area contributed by atoms with Gasteiger partial charge in [0.15, 0.2) is 9.84 Å². The van der Waals surface area contributed by atoms with Crippen LogP contribution < -0.4 is 5.73 Å². The highest BCUT2D eigenvalue weighted by molar-refractivity contribution is 7.92. The van der Waals surface area contributed by atoms with Gasteiger partial charge in [-0.15, -0.1) is 0 Å². The van der Waals surface area contributed by atoms with Crippen LogP contribution in [-0.4, -0.2) is 24.4 Å². The Morgan fingerprint density at radius 2 is 1.94 bits per heavy atom. The average Bonchev–Trinajstić information content (AvgIpc) is 3.06. The minimum absolute atomic E-state index is 0.0640. The summed E-state index contributed by atoms with van der Waals surface area (Å²) < 4.78 is 36.7. The zero-order valence-electron chi connectivity index (χ0n) is 9.84. The predicted octanol–water partition coefficient (Wildman–Crippen LogP) is 1.63. The molecule has 2 rings (SSSR count). The molecule has 1 aromatic rings. The molecule has 0 saturated heterocycles. The van der Waals surface area contributed by atoms with Crippen LogP contribution in [0.5, 0.6) is 0 Å². The molecular weight excluding hydrogens is 273 g/mol. The van der Waals surface area contributed by atoms with Gasteiger partial charge in [-0.2, -0.15) is 0 Å². The Kier molecular flexibility index (Phi) is 3.42. The Hall–Kier alpha value is -1.01. The van der Waals surface area contributed by atoms with Crippen molar-refractivity contribution in [2.24, 2.45) is 11.7 Å². The van der Waals surface area contributed by atoms with Gasteiger partial charge in [-0.1, -0.05) is 31.3 Å². The fraction of sp³-hybridized carbons (Fsp3) is 0.417. The molecule has 2 N–H and O–H groups in total. The van der Waals surface area contributed by atoms with Crippen molar-refractivity contribution >= 4 is 27.0 Å². The maximum atomic E-state index is 12.9. The van der Waals surface area contributed by atoms with E-state index in [4.69, 9.17) is 18.0 Å². The number of halogens is 1. The number of rotatable bonds is 4. The van der Waals surface area contributed by atoms with E-state index in [9.17, 15) is 12.8 Å². The van der Waals surface area contributed by atoms with Crippen LogP contribution in [0, 0.1) is 11.7 Å². The topological polar surface area (TPSA) is 60.2 Å². The summed E-state index contributed by atoms with van der Waals surface area (Å²) in [5.74, 6) is -0.835. The molecule has 0 heterocycles. The van der Waals surface area contributed by atoms with Crippen molar-refractivity contribution in [3.63, 3.8) is 0 Å². The molecule has 0 aromatic heterocycles. The van der Waals surface area contributed by atoms with Gasteiger partial charge in [-0.05, 0) is 17.7 Å². The summed E-state index contributed by atoms with van der Waals surface area (Å²) in [5, 5.41) is -0.550. The summed E-state index contributed by atoms with van der Waals surface area (Å²) in [6.07, 6.45) is 0. The standard InChI is InChI=1S/C12H14FNO2S2/c1-2-18(15,16)11-9(10(11)12(14)17)7-3-5-8(13)6-4-7/h3-6,9-11H,2H2,1H3,(H2,14,17)/t9-,10+,11-/m0/s1. The molecule has 1 aliphatic carbocycles. The number of thiocarbonyl (C=S) groups is 1. The van der Waals surface area contributed by atoms with Crippen molar-refractivity contribution in [3.05, 3.63) is 35.6 Å². The number of hydrogen-bond acceptors (Lipinski definition) is 3. The number of sulfone groups is 1. The second kappa shape index (κ2) is 4.59. The highest BCUT2D eigenvalue weighted by atomic mass is 32.2. The molecule has 0 unspecified atom stereocenters. The Morgan fingerprint density at radius 1 is 1.39 bits per heavy atom. The van der Waals surface area contributed by atoms with Gasteiger partial charge in [0, 0.05) is 17.6 Å².